The number of alkyl halides is 2. The van der Waals surface area contributed by atoms with E-state index in [4.69, 9.17) is 10.8 Å². The van der Waals surface area contributed by atoms with Gasteiger partial charge in [0, 0.05) is 12.0 Å². The highest BCUT2D eigenvalue weighted by Crippen LogP contribution is 2.31. The largest absolute Gasteiger partial charge is 0.478 e. The molecule has 5 heteroatoms. The second-order valence-corrected chi connectivity index (χ2v) is 2.46. The third-order valence-corrected chi connectivity index (χ3v) is 1.58. The van der Waals surface area contributed by atoms with Gasteiger partial charge in [0.15, 0.2) is 0 Å². The van der Waals surface area contributed by atoms with Gasteiger partial charge >= 0.3 is 5.97 Å². The van der Waals surface area contributed by atoms with Crippen molar-refractivity contribution in [3.63, 3.8) is 0 Å². The number of carbonyl (C=O) groups is 1. The Bertz CT molecular complexity index is 225. The fraction of sp³-hybridized carbons (Fsp3) is 0.500. The van der Waals surface area contributed by atoms with Crippen LogP contribution >= 0.6 is 0 Å². The summed E-state index contributed by atoms with van der Waals surface area (Å²) < 4.78 is 25.0. The Labute approximate surface area is 61.5 Å². The SMILES string of the molecule is N[C@H]1CC(C(=O)O)=CC1(F)F. The molecule has 0 amide bonds. The maximum absolute atomic E-state index is 12.5. The summed E-state index contributed by atoms with van der Waals surface area (Å²) in [6.07, 6.45) is 0.155. The third kappa shape index (κ3) is 1.37. The standard InChI is InChI=1S/C6H7F2NO2/c7-6(8)2-3(5(10)11)1-4(6)9/h2,4H,1,9H2,(H,10,11)/t4-/m0/s1. The zero-order valence-electron chi connectivity index (χ0n) is 5.55. The summed E-state index contributed by atoms with van der Waals surface area (Å²) >= 11 is 0. The average molecular weight is 163 g/mol. The number of carboxylic acid groups (broad SMARTS) is 1. The van der Waals surface area contributed by atoms with Crippen LogP contribution < -0.4 is 5.73 Å². The van der Waals surface area contributed by atoms with E-state index < -0.39 is 17.9 Å². The second kappa shape index (κ2) is 2.27. The van der Waals surface area contributed by atoms with Crippen LogP contribution in [0.15, 0.2) is 11.6 Å². The van der Waals surface area contributed by atoms with Crippen molar-refractivity contribution in [2.45, 2.75) is 18.4 Å². The van der Waals surface area contributed by atoms with Gasteiger partial charge in [0.25, 0.3) is 5.92 Å². The molecule has 0 saturated carbocycles. The van der Waals surface area contributed by atoms with E-state index in [0.717, 1.165) is 0 Å². The lowest BCUT2D eigenvalue weighted by molar-refractivity contribution is -0.132. The number of carboxylic acids is 1. The van der Waals surface area contributed by atoms with Crippen LogP contribution in [0, 0.1) is 0 Å². The van der Waals surface area contributed by atoms with Gasteiger partial charge in [-0.25, -0.2) is 13.6 Å². The Kier molecular flexibility index (Phi) is 1.67. The molecule has 0 aromatic heterocycles. The van der Waals surface area contributed by atoms with E-state index in [-0.39, 0.29) is 12.0 Å². The summed E-state index contributed by atoms with van der Waals surface area (Å²) in [5.74, 6) is -4.48. The highest BCUT2D eigenvalue weighted by atomic mass is 19.3. The summed E-state index contributed by atoms with van der Waals surface area (Å²) in [7, 11) is 0. The maximum atomic E-state index is 12.5. The van der Waals surface area contributed by atoms with E-state index in [9.17, 15) is 13.6 Å². The van der Waals surface area contributed by atoms with Gasteiger partial charge in [0.1, 0.15) is 0 Å². The molecule has 1 rings (SSSR count). The first kappa shape index (κ1) is 8.13. The van der Waals surface area contributed by atoms with E-state index in [1.165, 1.54) is 0 Å². The van der Waals surface area contributed by atoms with Crippen LogP contribution in [0.1, 0.15) is 6.42 Å². The molecule has 1 aliphatic rings. The summed E-state index contributed by atoms with van der Waals surface area (Å²) in [5.41, 5.74) is 4.67. The van der Waals surface area contributed by atoms with Crippen LogP contribution in [-0.4, -0.2) is 23.0 Å². The molecule has 1 aliphatic carbocycles. The molecule has 0 spiro atoms. The number of rotatable bonds is 1. The van der Waals surface area contributed by atoms with Crippen molar-refractivity contribution in [1.82, 2.24) is 0 Å². The summed E-state index contributed by atoms with van der Waals surface area (Å²) in [4.78, 5) is 10.2. The Hall–Kier alpha value is -0.970. The van der Waals surface area contributed by atoms with E-state index in [0.29, 0.717) is 6.08 Å². The molecule has 0 aliphatic heterocycles. The molecule has 0 radical (unpaired) electrons. The van der Waals surface area contributed by atoms with Crippen LogP contribution in [0.4, 0.5) is 8.78 Å². The van der Waals surface area contributed by atoms with Crippen LogP contribution in [0.5, 0.6) is 0 Å². The Morgan fingerprint density at radius 1 is 1.82 bits per heavy atom. The fourth-order valence-corrected chi connectivity index (χ4v) is 0.920. The molecule has 0 bridgehead atoms. The van der Waals surface area contributed by atoms with Gasteiger partial charge in [-0.3, -0.25) is 0 Å². The lowest BCUT2D eigenvalue weighted by Gasteiger charge is -2.11. The van der Waals surface area contributed by atoms with Crippen molar-refractivity contribution < 1.29 is 18.7 Å². The van der Waals surface area contributed by atoms with E-state index in [2.05, 4.69) is 0 Å². The van der Waals surface area contributed by atoms with Gasteiger partial charge in [-0.05, 0) is 6.08 Å². The first-order valence-corrected chi connectivity index (χ1v) is 3.02. The average Bonchev–Trinajstić information content (AvgIpc) is 2.08. The Morgan fingerprint density at radius 2 is 2.36 bits per heavy atom. The molecule has 11 heavy (non-hydrogen) atoms. The molecule has 3 N–H and O–H groups in total. The molecule has 0 fully saturated rings. The maximum Gasteiger partial charge on any atom is 0.331 e. The molecule has 3 nitrogen and oxygen atoms in total. The van der Waals surface area contributed by atoms with E-state index >= 15 is 0 Å². The van der Waals surface area contributed by atoms with Crippen molar-refractivity contribution in [2.75, 3.05) is 0 Å². The lowest BCUT2D eigenvalue weighted by atomic mass is 10.2. The minimum absolute atomic E-state index is 0.262. The highest BCUT2D eigenvalue weighted by molar-refractivity contribution is 5.87. The van der Waals surface area contributed by atoms with Crippen molar-refractivity contribution in [1.29, 1.82) is 0 Å². The van der Waals surface area contributed by atoms with Crippen LogP contribution in [0.3, 0.4) is 0 Å². The van der Waals surface area contributed by atoms with Crippen molar-refractivity contribution >= 4 is 5.97 Å². The molecule has 0 saturated heterocycles. The van der Waals surface area contributed by atoms with Gasteiger partial charge in [-0.2, -0.15) is 0 Å². The monoisotopic (exact) mass is 163 g/mol. The Morgan fingerprint density at radius 3 is 2.55 bits per heavy atom. The Balaban J connectivity index is 2.84. The molecule has 1 atom stereocenters. The molecule has 62 valence electrons. The summed E-state index contributed by atoms with van der Waals surface area (Å²) in [5, 5.41) is 8.31. The van der Waals surface area contributed by atoms with Crippen molar-refractivity contribution in [3.8, 4) is 0 Å². The first-order chi connectivity index (χ1) is 4.93. The topological polar surface area (TPSA) is 63.3 Å². The molecule has 0 heterocycles. The molecule has 0 unspecified atom stereocenters. The van der Waals surface area contributed by atoms with Gasteiger partial charge in [0.2, 0.25) is 0 Å². The molecular formula is C6H7F2NO2. The van der Waals surface area contributed by atoms with Crippen LogP contribution in [0.25, 0.3) is 0 Å². The number of hydrogen-bond acceptors (Lipinski definition) is 2. The number of aliphatic carboxylic acids is 1. The fourth-order valence-electron chi connectivity index (χ4n) is 0.920. The highest BCUT2D eigenvalue weighted by Gasteiger charge is 2.42. The summed E-state index contributed by atoms with van der Waals surface area (Å²) in [6.45, 7) is 0. The predicted molar refractivity (Wildman–Crippen MR) is 33.3 cm³/mol. The van der Waals surface area contributed by atoms with Gasteiger partial charge < -0.3 is 10.8 Å². The summed E-state index contributed by atoms with van der Waals surface area (Å²) in [6, 6.07) is -1.38. The zero-order chi connectivity index (χ0) is 8.65. The van der Waals surface area contributed by atoms with Gasteiger partial charge in [-0.15, -0.1) is 0 Å². The zero-order valence-corrected chi connectivity index (χ0v) is 5.55. The predicted octanol–water partition coefficient (Wildman–Crippen LogP) is 0.364. The second-order valence-electron chi connectivity index (χ2n) is 2.46. The minimum Gasteiger partial charge on any atom is -0.478 e. The number of halogens is 2. The van der Waals surface area contributed by atoms with Crippen LogP contribution in [-0.2, 0) is 4.79 Å². The minimum atomic E-state index is -3.16. The molecule has 0 aromatic rings. The molecule has 0 aromatic carbocycles. The van der Waals surface area contributed by atoms with Gasteiger partial charge in [-0.1, -0.05) is 0 Å². The lowest BCUT2D eigenvalue weighted by Crippen LogP contribution is -2.35. The van der Waals surface area contributed by atoms with E-state index in [1.54, 1.807) is 0 Å². The normalized spacial score (nSPS) is 28.3. The number of nitrogens with two attached hydrogens (primary N) is 1. The third-order valence-electron chi connectivity index (χ3n) is 1.58. The molecular weight excluding hydrogens is 156 g/mol. The smallest absolute Gasteiger partial charge is 0.331 e. The van der Waals surface area contributed by atoms with Crippen molar-refractivity contribution in [2.24, 2.45) is 5.73 Å². The number of hydrogen-bond donors (Lipinski definition) is 2. The quantitative estimate of drug-likeness (QED) is 0.586. The van der Waals surface area contributed by atoms with E-state index in [1.807, 2.05) is 0 Å². The first-order valence-electron chi connectivity index (χ1n) is 3.02. The van der Waals surface area contributed by atoms with Crippen molar-refractivity contribution in [3.05, 3.63) is 11.6 Å². The van der Waals surface area contributed by atoms with Gasteiger partial charge in [0.05, 0.1) is 6.04 Å². The van der Waals surface area contributed by atoms with Crippen LogP contribution in [0.2, 0.25) is 0 Å².